The first-order valence-electron chi connectivity index (χ1n) is 5.93. The van der Waals surface area contributed by atoms with Gasteiger partial charge in [-0.15, -0.1) is 0 Å². The smallest absolute Gasteiger partial charge is 0.0103 e. The van der Waals surface area contributed by atoms with Crippen LogP contribution in [0.25, 0.3) is 27.6 Å². The molecule has 0 spiro atoms. The van der Waals surface area contributed by atoms with Crippen molar-refractivity contribution in [3.8, 4) is 0 Å². The Balaban J connectivity index is 2.56. The molecule has 0 saturated carbocycles. The highest BCUT2D eigenvalue weighted by Crippen LogP contribution is 2.29. The summed E-state index contributed by atoms with van der Waals surface area (Å²) in [6.45, 7) is 2.07. The molecule has 3 aromatic carbocycles. The van der Waals surface area contributed by atoms with Gasteiger partial charge in [-0.3, -0.25) is 0 Å². The number of hydrogen-bond donors (Lipinski definition) is 0. The molecule has 0 fully saturated rings. The molecule has 0 heterocycles. The fourth-order valence-electron chi connectivity index (χ4n) is 2.40. The van der Waals surface area contributed by atoms with Crippen LogP contribution in [0.3, 0.4) is 0 Å². The van der Waals surface area contributed by atoms with E-state index in [1.165, 1.54) is 27.1 Å². The maximum Gasteiger partial charge on any atom is -0.0103 e. The highest BCUT2D eigenvalue weighted by molar-refractivity contribution is 6.06. The van der Waals surface area contributed by atoms with E-state index in [2.05, 4.69) is 73.7 Å². The summed E-state index contributed by atoms with van der Waals surface area (Å²) in [7, 11) is 0. The zero-order valence-electron chi connectivity index (χ0n) is 9.85. The van der Waals surface area contributed by atoms with Gasteiger partial charge in [0, 0.05) is 0 Å². The lowest BCUT2D eigenvalue weighted by Gasteiger charge is -2.07. The Hall–Kier alpha value is -2.08. The van der Waals surface area contributed by atoms with Crippen molar-refractivity contribution in [1.29, 1.82) is 0 Å². The molecule has 0 aromatic heterocycles. The van der Waals surface area contributed by atoms with Gasteiger partial charge in [-0.2, -0.15) is 0 Å². The molecule has 0 aliphatic rings. The quantitative estimate of drug-likeness (QED) is 0.503. The Kier molecular flexibility index (Phi) is 2.41. The van der Waals surface area contributed by atoms with Crippen molar-refractivity contribution in [3.63, 3.8) is 0 Å². The monoisotopic (exact) mass is 218 g/mol. The van der Waals surface area contributed by atoms with Crippen molar-refractivity contribution in [2.24, 2.45) is 0 Å². The Morgan fingerprint density at radius 1 is 0.765 bits per heavy atom. The third kappa shape index (κ3) is 1.62. The molecule has 0 heteroatoms. The third-order valence-electron chi connectivity index (χ3n) is 3.15. The third-order valence-corrected chi connectivity index (χ3v) is 3.15. The second-order valence-corrected chi connectivity index (χ2v) is 4.23. The lowest BCUT2D eigenvalue weighted by Crippen LogP contribution is -1.82. The second kappa shape index (κ2) is 4.06. The average Bonchev–Trinajstić information content (AvgIpc) is 2.39. The van der Waals surface area contributed by atoms with Gasteiger partial charge in [0.15, 0.2) is 0 Å². The standard InChI is InChI=1S/C17H14/c1-2-7-17-15-10-5-3-8-13(15)12-14-9-4-6-11-16(14)17/h2-12H,1H3/b7-2-. The minimum atomic E-state index is 1.30. The summed E-state index contributed by atoms with van der Waals surface area (Å²) in [4.78, 5) is 0. The molecule has 0 bridgehead atoms. The Morgan fingerprint density at radius 2 is 1.29 bits per heavy atom. The molecule has 0 aliphatic carbocycles. The second-order valence-electron chi connectivity index (χ2n) is 4.23. The summed E-state index contributed by atoms with van der Waals surface area (Å²) in [5.41, 5.74) is 1.32. The zero-order valence-corrected chi connectivity index (χ0v) is 9.85. The Bertz CT molecular complexity index is 651. The number of allylic oxidation sites excluding steroid dienone is 1. The van der Waals surface area contributed by atoms with Gasteiger partial charge in [0.1, 0.15) is 0 Å². The summed E-state index contributed by atoms with van der Waals surface area (Å²) in [5, 5.41) is 5.26. The van der Waals surface area contributed by atoms with Crippen LogP contribution in [-0.2, 0) is 0 Å². The van der Waals surface area contributed by atoms with Gasteiger partial charge in [0.25, 0.3) is 0 Å². The van der Waals surface area contributed by atoms with Crippen molar-refractivity contribution in [1.82, 2.24) is 0 Å². The summed E-state index contributed by atoms with van der Waals surface area (Å²) >= 11 is 0. The van der Waals surface area contributed by atoms with E-state index in [0.29, 0.717) is 0 Å². The van der Waals surface area contributed by atoms with E-state index in [4.69, 9.17) is 0 Å². The van der Waals surface area contributed by atoms with Gasteiger partial charge < -0.3 is 0 Å². The first-order valence-corrected chi connectivity index (χ1v) is 5.93. The molecule has 0 unspecified atom stereocenters. The maximum atomic E-state index is 2.26. The van der Waals surface area contributed by atoms with Gasteiger partial charge >= 0.3 is 0 Å². The maximum absolute atomic E-state index is 2.26. The fraction of sp³-hybridized carbons (Fsp3) is 0.0588. The van der Waals surface area contributed by atoms with E-state index in [1.807, 2.05) is 0 Å². The van der Waals surface area contributed by atoms with E-state index < -0.39 is 0 Å². The van der Waals surface area contributed by atoms with Crippen LogP contribution in [0, 0.1) is 0 Å². The number of hydrogen-bond acceptors (Lipinski definition) is 0. The van der Waals surface area contributed by atoms with Crippen LogP contribution in [0.15, 0.2) is 60.7 Å². The van der Waals surface area contributed by atoms with Crippen molar-refractivity contribution in [2.45, 2.75) is 6.92 Å². The zero-order chi connectivity index (χ0) is 11.7. The fourth-order valence-corrected chi connectivity index (χ4v) is 2.40. The summed E-state index contributed by atoms with van der Waals surface area (Å²) in [5.74, 6) is 0. The van der Waals surface area contributed by atoms with Crippen LogP contribution in [0.5, 0.6) is 0 Å². The van der Waals surface area contributed by atoms with E-state index in [1.54, 1.807) is 0 Å². The Morgan fingerprint density at radius 3 is 1.82 bits per heavy atom. The van der Waals surface area contributed by atoms with Crippen LogP contribution in [-0.4, -0.2) is 0 Å². The highest BCUT2D eigenvalue weighted by atomic mass is 14.1. The topological polar surface area (TPSA) is 0 Å². The molecule has 0 aliphatic heterocycles. The first kappa shape index (κ1) is 10.1. The number of benzene rings is 3. The lowest BCUT2D eigenvalue weighted by molar-refractivity contribution is 1.72. The van der Waals surface area contributed by atoms with Gasteiger partial charge in [0.05, 0.1) is 0 Å². The van der Waals surface area contributed by atoms with E-state index in [9.17, 15) is 0 Å². The normalized spacial score (nSPS) is 11.6. The van der Waals surface area contributed by atoms with Crippen molar-refractivity contribution >= 4 is 27.6 Å². The Labute approximate surface area is 101 Å². The van der Waals surface area contributed by atoms with Crippen LogP contribution in [0.4, 0.5) is 0 Å². The molecule has 0 atom stereocenters. The highest BCUT2D eigenvalue weighted by Gasteiger charge is 2.03. The summed E-state index contributed by atoms with van der Waals surface area (Å²) in [6, 6.07) is 19.4. The summed E-state index contributed by atoms with van der Waals surface area (Å²) in [6.07, 6.45) is 4.30. The van der Waals surface area contributed by atoms with Crippen molar-refractivity contribution < 1.29 is 0 Å². The molecular formula is C17H14. The SMILES string of the molecule is C/C=C\c1c2ccccc2cc2ccccc12. The molecule has 0 N–H and O–H groups in total. The van der Waals surface area contributed by atoms with Gasteiger partial charge in [0.2, 0.25) is 0 Å². The number of fused-ring (bicyclic) bond motifs is 2. The predicted molar refractivity (Wildman–Crippen MR) is 76.2 cm³/mol. The molecule has 3 aromatic rings. The minimum absolute atomic E-state index is 1.30. The average molecular weight is 218 g/mol. The molecular weight excluding hydrogens is 204 g/mol. The molecule has 17 heavy (non-hydrogen) atoms. The lowest BCUT2D eigenvalue weighted by atomic mass is 9.96. The molecule has 3 rings (SSSR count). The van der Waals surface area contributed by atoms with Crippen LogP contribution < -0.4 is 0 Å². The van der Waals surface area contributed by atoms with E-state index in [-0.39, 0.29) is 0 Å². The van der Waals surface area contributed by atoms with Gasteiger partial charge in [-0.05, 0) is 40.1 Å². The summed E-state index contributed by atoms with van der Waals surface area (Å²) < 4.78 is 0. The molecule has 82 valence electrons. The van der Waals surface area contributed by atoms with Gasteiger partial charge in [-0.1, -0.05) is 60.7 Å². The predicted octanol–water partition coefficient (Wildman–Crippen LogP) is 5.03. The van der Waals surface area contributed by atoms with E-state index >= 15 is 0 Å². The van der Waals surface area contributed by atoms with E-state index in [0.717, 1.165) is 0 Å². The van der Waals surface area contributed by atoms with Crippen LogP contribution in [0.2, 0.25) is 0 Å². The van der Waals surface area contributed by atoms with Crippen molar-refractivity contribution in [3.05, 3.63) is 66.2 Å². The largest absolute Gasteiger partial charge is 0.0870 e. The first-order chi connectivity index (χ1) is 8.40. The van der Waals surface area contributed by atoms with Gasteiger partial charge in [-0.25, -0.2) is 0 Å². The molecule has 0 nitrogen and oxygen atoms in total. The van der Waals surface area contributed by atoms with Crippen LogP contribution in [0.1, 0.15) is 12.5 Å². The number of rotatable bonds is 1. The molecule has 0 radical (unpaired) electrons. The van der Waals surface area contributed by atoms with Crippen LogP contribution >= 0.6 is 0 Å². The minimum Gasteiger partial charge on any atom is -0.0870 e. The molecule has 0 saturated heterocycles. The van der Waals surface area contributed by atoms with Crippen molar-refractivity contribution in [2.75, 3.05) is 0 Å². The molecule has 0 amide bonds.